The molecular weight excluding hydrogens is 224 g/mol. The Hall–Kier alpha value is -1.51. The molecule has 1 N–H and O–H groups in total. The molecule has 18 heavy (non-hydrogen) atoms. The number of nitrogens with zero attached hydrogens (tertiary/aromatic N) is 1. The summed E-state index contributed by atoms with van der Waals surface area (Å²) in [5.74, 6) is 0.590. The minimum absolute atomic E-state index is 0.470. The monoisotopic (exact) mass is 244 g/mol. The maximum atomic E-state index is 5.48. The van der Waals surface area contributed by atoms with Crippen molar-refractivity contribution in [3.05, 3.63) is 35.9 Å². The first kappa shape index (κ1) is 11.6. The van der Waals surface area contributed by atoms with Crippen molar-refractivity contribution < 1.29 is 4.74 Å². The molecule has 0 saturated heterocycles. The largest absolute Gasteiger partial charge is 0.463 e. The Morgan fingerprint density at radius 2 is 1.94 bits per heavy atom. The lowest BCUT2D eigenvalue weighted by atomic mass is 9.80. The summed E-state index contributed by atoms with van der Waals surface area (Å²) in [7, 11) is 0. The van der Waals surface area contributed by atoms with Gasteiger partial charge in [0.05, 0.1) is 6.54 Å². The molecule has 3 heteroatoms. The highest BCUT2D eigenvalue weighted by atomic mass is 16.5. The Labute approximate surface area is 108 Å². The SMILES string of the molecule is c1ccc([C@H]2CCCC[C@@H]2NC2=NCCO2)cc1. The quantitative estimate of drug-likeness (QED) is 0.867. The third-order valence-electron chi connectivity index (χ3n) is 3.89. The molecule has 0 radical (unpaired) electrons. The fraction of sp³-hybridized carbons (Fsp3) is 0.533. The van der Waals surface area contributed by atoms with Gasteiger partial charge in [-0.15, -0.1) is 0 Å². The highest BCUT2D eigenvalue weighted by molar-refractivity contribution is 5.75. The molecule has 0 aromatic heterocycles. The van der Waals surface area contributed by atoms with E-state index in [0.29, 0.717) is 12.0 Å². The van der Waals surface area contributed by atoms with Gasteiger partial charge in [-0.1, -0.05) is 43.2 Å². The zero-order valence-electron chi connectivity index (χ0n) is 10.6. The Morgan fingerprint density at radius 3 is 2.72 bits per heavy atom. The Kier molecular flexibility index (Phi) is 3.49. The van der Waals surface area contributed by atoms with Crippen molar-refractivity contribution in [2.24, 2.45) is 4.99 Å². The smallest absolute Gasteiger partial charge is 0.285 e. The van der Waals surface area contributed by atoms with E-state index in [2.05, 4.69) is 40.6 Å². The molecule has 96 valence electrons. The molecule has 0 spiro atoms. The Morgan fingerprint density at radius 1 is 1.11 bits per heavy atom. The van der Waals surface area contributed by atoms with Gasteiger partial charge < -0.3 is 10.1 Å². The number of rotatable bonds is 2. The highest BCUT2D eigenvalue weighted by Crippen LogP contribution is 2.33. The summed E-state index contributed by atoms with van der Waals surface area (Å²) in [5.41, 5.74) is 1.44. The molecular formula is C15H20N2O. The highest BCUT2D eigenvalue weighted by Gasteiger charge is 2.28. The van der Waals surface area contributed by atoms with Crippen LogP contribution in [0.3, 0.4) is 0 Å². The lowest BCUT2D eigenvalue weighted by Gasteiger charge is -2.32. The fourth-order valence-electron chi connectivity index (χ4n) is 2.98. The summed E-state index contributed by atoms with van der Waals surface area (Å²) >= 11 is 0. The molecule has 0 amide bonds. The lowest BCUT2D eigenvalue weighted by Crippen LogP contribution is -2.41. The van der Waals surface area contributed by atoms with E-state index in [9.17, 15) is 0 Å². The van der Waals surface area contributed by atoms with Crippen LogP contribution < -0.4 is 5.32 Å². The van der Waals surface area contributed by atoms with Crippen LogP contribution in [0, 0.1) is 0 Å². The fourth-order valence-corrected chi connectivity index (χ4v) is 2.98. The molecule has 0 unspecified atom stereocenters. The topological polar surface area (TPSA) is 33.6 Å². The molecule has 1 fully saturated rings. The minimum Gasteiger partial charge on any atom is -0.463 e. The van der Waals surface area contributed by atoms with Gasteiger partial charge >= 0.3 is 0 Å². The molecule has 3 rings (SSSR count). The molecule has 2 atom stereocenters. The van der Waals surface area contributed by atoms with Gasteiger partial charge in [-0.2, -0.15) is 0 Å². The molecule has 0 bridgehead atoms. The van der Waals surface area contributed by atoms with Gasteiger partial charge in [0.1, 0.15) is 6.61 Å². The summed E-state index contributed by atoms with van der Waals surface area (Å²) in [4.78, 5) is 4.34. The first-order chi connectivity index (χ1) is 8.93. The summed E-state index contributed by atoms with van der Waals surface area (Å²) in [6.07, 6.45) is 5.09. The van der Waals surface area contributed by atoms with Gasteiger partial charge in [0.15, 0.2) is 0 Å². The average Bonchev–Trinajstić information content (AvgIpc) is 2.93. The number of aliphatic imine (C=N–C) groups is 1. The van der Waals surface area contributed by atoms with E-state index < -0.39 is 0 Å². The van der Waals surface area contributed by atoms with Crippen LogP contribution in [0.25, 0.3) is 0 Å². The lowest BCUT2D eigenvalue weighted by molar-refractivity contribution is 0.298. The van der Waals surface area contributed by atoms with E-state index in [1.807, 2.05) is 0 Å². The van der Waals surface area contributed by atoms with E-state index in [-0.39, 0.29) is 0 Å². The molecule has 2 aliphatic rings. The van der Waals surface area contributed by atoms with Gasteiger partial charge in [-0.25, -0.2) is 4.99 Å². The van der Waals surface area contributed by atoms with Crippen molar-refractivity contribution in [3.8, 4) is 0 Å². The predicted octanol–water partition coefficient (Wildman–Crippen LogP) is 2.69. The molecule has 3 nitrogen and oxygen atoms in total. The Balaban J connectivity index is 1.73. The van der Waals surface area contributed by atoms with Crippen LogP contribution in [0.4, 0.5) is 0 Å². The summed E-state index contributed by atoms with van der Waals surface area (Å²) in [6.45, 7) is 1.52. The van der Waals surface area contributed by atoms with Crippen LogP contribution in [0.1, 0.15) is 37.2 Å². The number of hydrogen-bond acceptors (Lipinski definition) is 3. The zero-order chi connectivity index (χ0) is 12.2. The number of amidine groups is 1. The maximum absolute atomic E-state index is 5.48. The molecule has 1 heterocycles. The summed E-state index contributed by atoms with van der Waals surface area (Å²) in [6, 6.07) is 12.0. The normalized spacial score (nSPS) is 27.4. The van der Waals surface area contributed by atoms with E-state index in [4.69, 9.17) is 4.74 Å². The van der Waals surface area contributed by atoms with Gasteiger partial charge in [-0.05, 0) is 18.4 Å². The zero-order valence-corrected chi connectivity index (χ0v) is 10.6. The van der Waals surface area contributed by atoms with E-state index in [0.717, 1.165) is 19.2 Å². The van der Waals surface area contributed by atoms with E-state index >= 15 is 0 Å². The average molecular weight is 244 g/mol. The van der Waals surface area contributed by atoms with Crippen LogP contribution in [0.2, 0.25) is 0 Å². The molecule has 1 aromatic rings. The molecule has 1 aliphatic carbocycles. The van der Waals surface area contributed by atoms with Crippen molar-refractivity contribution in [2.45, 2.75) is 37.6 Å². The van der Waals surface area contributed by atoms with Gasteiger partial charge in [0, 0.05) is 12.0 Å². The second kappa shape index (κ2) is 5.42. The third kappa shape index (κ3) is 2.50. The minimum atomic E-state index is 0.470. The summed E-state index contributed by atoms with van der Waals surface area (Å²) < 4.78 is 5.48. The van der Waals surface area contributed by atoms with Crippen molar-refractivity contribution in [2.75, 3.05) is 13.2 Å². The second-order valence-corrected chi connectivity index (χ2v) is 5.09. The van der Waals surface area contributed by atoms with Crippen molar-refractivity contribution in [1.82, 2.24) is 5.32 Å². The van der Waals surface area contributed by atoms with Crippen LogP contribution in [-0.2, 0) is 4.74 Å². The number of nitrogens with one attached hydrogen (secondary N) is 1. The third-order valence-corrected chi connectivity index (χ3v) is 3.89. The van der Waals surface area contributed by atoms with Crippen LogP contribution >= 0.6 is 0 Å². The van der Waals surface area contributed by atoms with Crippen molar-refractivity contribution in [3.63, 3.8) is 0 Å². The van der Waals surface area contributed by atoms with Crippen LogP contribution in [-0.4, -0.2) is 25.2 Å². The molecule has 1 aliphatic heterocycles. The standard InChI is InChI=1S/C15H20N2O/c1-2-6-12(7-3-1)13-8-4-5-9-14(13)17-15-16-10-11-18-15/h1-3,6-7,13-14H,4-5,8-11H2,(H,16,17)/t13-,14+/m1/s1. The summed E-state index contributed by atoms with van der Waals surface area (Å²) in [5, 5.41) is 3.49. The van der Waals surface area contributed by atoms with Gasteiger partial charge in [-0.3, -0.25) is 0 Å². The Bertz CT molecular complexity index is 416. The first-order valence-electron chi connectivity index (χ1n) is 6.92. The van der Waals surface area contributed by atoms with Crippen molar-refractivity contribution >= 4 is 6.02 Å². The van der Waals surface area contributed by atoms with E-state index in [1.165, 1.54) is 31.2 Å². The van der Waals surface area contributed by atoms with Crippen molar-refractivity contribution in [1.29, 1.82) is 0 Å². The van der Waals surface area contributed by atoms with Gasteiger partial charge in [0.25, 0.3) is 6.02 Å². The number of hydrogen-bond donors (Lipinski definition) is 1. The van der Waals surface area contributed by atoms with E-state index in [1.54, 1.807) is 0 Å². The second-order valence-electron chi connectivity index (χ2n) is 5.09. The molecule has 1 aromatic carbocycles. The van der Waals surface area contributed by atoms with Crippen LogP contribution in [0.5, 0.6) is 0 Å². The predicted molar refractivity (Wildman–Crippen MR) is 72.8 cm³/mol. The molecule has 1 saturated carbocycles. The number of ether oxygens (including phenoxy) is 1. The maximum Gasteiger partial charge on any atom is 0.285 e. The number of benzene rings is 1. The van der Waals surface area contributed by atoms with Gasteiger partial charge in [0.2, 0.25) is 0 Å². The van der Waals surface area contributed by atoms with Crippen LogP contribution in [0.15, 0.2) is 35.3 Å². The first-order valence-corrected chi connectivity index (χ1v) is 6.92.